The number of hydrogen-bond donors (Lipinski definition) is 3. The molecule has 0 heterocycles. The quantitative estimate of drug-likeness (QED) is 0.584. The van der Waals surface area contributed by atoms with Gasteiger partial charge in [-0.15, -0.1) is 0 Å². The number of nitrogens with two attached hydrogens (primary N) is 1. The number of rotatable bonds is 8. The summed E-state index contributed by atoms with van der Waals surface area (Å²) >= 11 is 0. The van der Waals surface area contributed by atoms with Crippen molar-refractivity contribution in [2.45, 2.75) is 63.2 Å². The van der Waals surface area contributed by atoms with Crippen LogP contribution in [0.1, 0.15) is 41.0 Å². The second kappa shape index (κ2) is 9.42. The Bertz CT molecular complexity index is 346. The third-order valence-electron chi connectivity index (χ3n) is 2.13. The molecule has 4 N–H and O–H groups in total. The van der Waals surface area contributed by atoms with E-state index in [-0.39, 0.29) is 11.7 Å². The van der Waals surface area contributed by atoms with Crippen molar-refractivity contribution >= 4 is 33.7 Å². The summed E-state index contributed by atoms with van der Waals surface area (Å²) in [5.74, 6) is -1.09. The highest BCUT2D eigenvalue weighted by atomic mass is 33.1. The number of nitrogens with one attached hydrogen (secondary N) is 1. The van der Waals surface area contributed by atoms with Crippen molar-refractivity contribution in [1.82, 2.24) is 5.32 Å². The molecule has 0 aliphatic rings. The molecule has 0 rings (SSSR count). The first-order valence-electron chi connectivity index (χ1n) is 6.79. The third-order valence-corrected chi connectivity index (χ3v) is 5.59. The fraction of sp³-hybridized carbons (Fsp3) is 0.846. The predicted molar refractivity (Wildman–Crippen MR) is 88.6 cm³/mol. The maximum Gasteiger partial charge on any atom is 0.408 e. The number of carboxylic acid groups (broad SMARTS) is 1. The molecule has 0 aromatic rings. The van der Waals surface area contributed by atoms with Crippen LogP contribution in [0.5, 0.6) is 0 Å². The average molecular weight is 338 g/mol. The predicted octanol–water partition coefficient (Wildman–Crippen LogP) is 2.47. The van der Waals surface area contributed by atoms with Gasteiger partial charge in [0.25, 0.3) is 0 Å². The molecule has 124 valence electrons. The van der Waals surface area contributed by atoms with Crippen molar-refractivity contribution in [3.63, 3.8) is 0 Å². The smallest absolute Gasteiger partial charge is 0.408 e. The Hall–Kier alpha value is -0.600. The van der Waals surface area contributed by atoms with Crippen molar-refractivity contribution in [2.24, 2.45) is 5.73 Å². The van der Waals surface area contributed by atoms with Gasteiger partial charge in [-0.2, -0.15) is 0 Å². The zero-order chi connectivity index (χ0) is 16.6. The zero-order valence-electron chi connectivity index (χ0n) is 13.2. The molecule has 8 heteroatoms. The van der Waals surface area contributed by atoms with Crippen molar-refractivity contribution in [2.75, 3.05) is 6.54 Å². The fourth-order valence-corrected chi connectivity index (χ4v) is 3.64. The number of carboxylic acids is 1. The molecule has 21 heavy (non-hydrogen) atoms. The van der Waals surface area contributed by atoms with Gasteiger partial charge in [0, 0.05) is 17.0 Å². The Morgan fingerprint density at radius 2 is 1.86 bits per heavy atom. The molecular weight excluding hydrogens is 312 g/mol. The first-order chi connectivity index (χ1) is 9.55. The minimum absolute atomic E-state index is 0.0477. The Balaban J connectivity index is 4.53. The maximum absolute atomic E-state index is 11.7. The van der Waals surface area contributed by atoms with E-state index in [9.17, 15) is 14.7 Å². The molecule has 0 aromatic carbocycles. The van der Waals surface area contributed by atoms with Crippen LogP contribution in [0, 0.1) is 0 Å². The van der Waals surface area contributed by atoms with Gasteiger partial charge in [-0.25, -0.2) is 9.59 Å². The Labute approximate surface area is 134 Å². The molecule has 0 aliphatic heterocycles. The van der Waals surface area contributed by atoms with Crippen LogP contribution in [-0.2, 0) is 9.53 Å². The van der Waals surface area contributed by atoms with Gasteiger partial charge in [0.1, 0.15) is 11.6 Å². The van der Waals surface area contributed by atoms with E-state index in [0.717, 1.165) is 0 Å². The topological polar surface area (TPSA) is 102 Å². The third kappa shape index (κ3) is 10.7. The highest BCUT2D eigenvalue weighted by molar-refractivity contribution is 8.77. The van der Waals surface area contributed by atoms with Crippen LogP contribution in [0.2, 0.25) is 0 Å². The number of alkyl carbamates (subject to hydrolysis) is 1. The number of hydrogen-bond acceptors (Lipinski definition) is 6. The lowest BCUT2D eigenvalue weighted by Crippen LogP contribution is -2.45. The second-order valence-corrected chi connectivity index (χ2v) is 9.02. The number of carbonyl (C=O) groups excluding carboxylic acids is 1. The van der Waals surface area contributed by atoms with Crippen LogP contribution in [0.25, 0.3) is 0 Å². The number of ether oxygens (including phenoxy) is 1. The van der Waals surface area contributed by atoms with E-state index in [2.05, 4.69) is 19.2 Å². The molecule has 1 amide bonds. The summed E-state index contributed by atoms with van der Waals surface area (Å²) in [5, 5.41) is 12.0. The number of aliphatic carboxylic acids is 1. The molecule has 0 aromatic heterocycles. The van der Waals surface area contributed by atoms with Gasteiger partial charge in [-0.3, -0.25) is 0 Å². The van der Waals surface area contributed by atoms with E-state index >= 15 is 0 Å². The highest BCUT2D eigenvalue weighted by Gasteiger charge is 2.27. The zero-order valence-corrected chi connectivity index (χ0v) is 14.8. The largest absolute Gasteiger partial charge is 0.480 e. The van der Waals surface area contributed by atoms with Crippen molar-refractivity contribution in [3.05, 3.63) is 0 Å². The van der Waals surface area contributed by atoms with E-state index < -0.39 is 23.7 Å². The van der Waals surface area contributed by atoms with Gasteiger partial charge in [0.2, 0.25) is 0 Å². The Morgan fingerprint density at radius 1 is 1.29 bits per heavy atom. The standard InChI is InChI=1S/C13H26N2O4S2/c1-8(2)20-21-9(7-14)6-10(11(16)17)15-12(18)19-13(3,4)5/h8-10H,6-7,14H2,1-5H3,(H,15,18)(H,16,17). The van der Waals surface area contributed by atoms with E-state index in [1.807, 2.05) is 0 Å². The molecular formula is C13H26N2O4S2. The monoisotopic (exact) mass is 338 g/mol. The summed E-state index contributed by atoms with van der Waals surface area (Å²) in [5.41, 5.74) is 5.00. The SMILES string of the molecule is CC(C)SSC(CN)CC(NC(=O)OC(C)(C)C)C(=O)O. The van der Waals surface area contributed by atoms with Gasteiger partial charge in [-0.1, -0.05) is 35.4 Å². The van der Waals surface area contributed by atoms with Crippen LogP contribution in [0.15, 0.2) is 0 Å². The minimum atomic E-state index is -1.09. The molecule has 0 aliphatic carbocycles. The molecule has 0 saturated carbocycles. The summed E-state index contributed by atoms with van der Waals surface area (Å²) in [6.45, 7) is 9.63. The fourth-order valence-electron chi connectivity index (χ4n) is 1.30. The van der Waals surface area contributed by atoms with Crippen LogP contribution in [-0.4, -0.2) is 45.9 Å². The molecule has 0 radical (unpaired) electrons. The maximum atomic E-state index is 11.7. The molecule has 2 atom stereocenters. The normalized spacial score (nSPS) is 14.6. The summed E-state index contributed by atoms with van der Waals surface area (Å²) in [6.07, 6.45) is -0.470. The summed E-state index contributed by atoms with van der Waals surface area (Å²) in [6, 6.07) is -1.01. The van der Waals surface area contributed by atoms with Crippen molar-refractivity contribution in [1.29, 1.82) is 0 Å². The van der Waals surface area contributed by atoms with Crippen molar-refractivity contribution < 1.29 is 19.4 Å². The first-order valence-corrected chi connectivity index (χ1v) is 9.07. The molecule has 0 fully saturated rings. The van der Waals surface area contributed by atoms with E-state index in [4.69, 9.17) is 10.5 Å². The molecule has 0 bridgehead atoms. The summed E-state index contributed by atoms with van der Waals surface area (Å²) in [4.78, 5) is 22.9. The van der Waals surface area contributed by atoms with E-state index in [1.54, 1.807) is 42.4 Å². The minimum Gasteiger partial charge on any atom is -0.480 e. The molecule has 2 unspecified atom stereocenters. The van der Waals surface area contributed by atoms with Crippen LogP contribution < -0.4 is 11.1 Å². The van der Waals surface area contributed by atoms with E-state index in [1.165, 1.54) is 0 Å². The molecule has 0 saturated heterocycles. The first kappa shape index (κ1) is 20.4. The summed E-state index contributed by atoms with van der Waals surface area (Å²) < 4.78 is 5.08. The van der Waals surface area contributed by atoms with Crippen LogP contribution >= 0.6 is 21.6 Å². The summed E-state index contributed by atoms with van der Waals surface area (Å²) in [7, 11) is 3.20. The lowest BCUT2D eigenvalue weighted by Gasteiger charge is -2.24. The second-order valence-electron chi connectivity index (χ2n) is 5.87. The number of carbonyl (C=O) groups is 2. The van der Waals surface area contributed by atoms with Gasteiger partial charge in [0.15, 0.2) is 0 Å². The lowest BCUT2D eigenvalue weighted by atomic mass is 10.1. The Morgan fingerprint density at radius 3 is 2.24 bits per heavy atom. The lowest BCUT2D eigenvalue weighted by molar-refractivity contribution is -0.139. The average Bonchev–Trinajstić information content (AvgIpc) is 2.30. The van der Waals surface area contributed by atoms with Gasteiger partial charge in [-0.05, 0) is 27.2 Å². The number of amides is 1. The molecule has 0 spiro atoms. The Kier molecular flexibility index (Phi) is 9.15. The van der Waals surface area contributed by atoms with Gasteiger partial charge in [0.05, 0.1) is 0 Å². The van der Waals surface area contributed by atoms with Crippen LogP contribution in [0.4, 0.5) is 4.79 Å². The molecule has 6 nitrogen and oxygen atoms in total. The van der Waals surface area contributed by atoms with E-state index in [0.29, 0.717) is 11.8 Å². The van der Waals surface area contributed by atoms with Crippen LogP contribution in [0.3, 0.4) is 0 Å². The van der Waals surface area contributed by atoms with Crippen molar-refractivity contribution in [3.8, 4) is 0 Å². The van der Waals surface area contributed by atoms with Gasteiger partial charge >= 0.3 is 12.1 Å². The van der Waals surface area contributed by atoms with Gasteiger partial charge < -0.3 is 20.9 Å². The highest BCUT2D eigenvalue weighted by Crippen LogP contribution is 2.32.